The lowest BCUT2D eigenvalue weighted by Gasteiger charge is -2.08. The van der Waals surface area contributed by atoms with Crippen molar-refractivity contribution in [1.82, 2.24) is 20.4 Å². The number of H-pyrrole nitrogens is 1. The van der Waals surface area contributed by atoms with Crippen molar-refractivity contribution < 1.29 is 9.32 Å². The van der Waals surface area contributed by atoms with Gasteiger partial charge in [0.2, 0.25) is 0 Å². The number of rotatable bonds is 3. The van der Waals surface area contributed by atoms with Crippen molar-refractivity contribution in [3.63, 3.8) is 0 Å². The molecule has 0 spiro atoms. The Kier molecular flexibility index (Phi) is 3.99. The number of carbonyl (C=O) groups excluding carboxylic acids is 1. The van der Waals surface area contributed by atoms with E-state index in [1.54, 1.807) is 26.0 Å². The summed E-state index contributed by atoms with van der Waals surface area (Å²) in [6, 6.07) is 9.34. The van der Waals surface area contributed by atoms with Gasteiger partial charge in [0.15, 0.2) is 0 Å². The van der Waals surface area contributed by atoms with Crippen molar-refractivity contribution >= 4 is 27.9 Å². The van der Waals surface area contributed by atoms with Gasteiger partial charge in [0, 0.05) is 23.3 Å². The Morgan fingerprint density at radius 1 is 1.19 bits per heavy atom. The number of pyridine rings is 2. The van der Waals surface area contributed by atoms with Crippen molar-refractivity contribution in [1.29, 1.82) is 0 Å². The van der Waals surface area contributed by atoms with Crippen molar-refractivity contribution in [2.75, 3.05) is 0 Å². The van der Waals surface area contributed by atoms with E-state index in [1.165, 1.54) is 0 Å². The molecule has 0 aliphatic carbocycles. The van der Waals surface area contributed by atoms with Crippen LogP contribution in [-0.4, -0.2) is 21.0 Å². The van der Waals surface area contributed by atoms with E-state index in [0.29, 0.717) is 33.6 Å². The minimum atomic E-state index is -0.305. The number of amides is 1. The highest BCUT2D eigenvalue weighted by Crippen LogP contribution is 2.22. The van der Waals surface area contributed by atoms with E-state index < -0.39 is 0 Å². The van der Waals surface area contributed by atoms with Crippen molar-refractivity contribution in [3.05, 3.63) is 68.8 Å². The third-order valence-corrected chi connectivity index (χ3v) is 4.51. The Bertz CT molecular complexity index is 1250. The number of aromatic nitrogens is 3. The van der Waals surface area contributed by atoms with Gasteiger partial charge < -0.3 is 14.8 Å². The average molecular weight is 362 g/mol. The van der Waals surface area contributed by atoms with E-state index in [2.05, 4.69) is 20.4 Å². The zero-order valence-corrected chi connectivity index (χ0v) is 15.2. The average Bonchev–Trinajstić information content (AvgIpc) is 2.99. The van der Waals surface area contributed by atoms with Gasteiger partial charge in [-0.1, -0.05) is 17.3 Å². The first-order valence-electron chi connectivity index (χ1n) is 8.57. The summed E-state index contributed by atoms with van der Waals surface area (Å²) in [6.45, 7) is 5.63. The fourth-order valence-electron chi connectivity index (χ4n) is 3.16. The number of fused-ring (bicyclic) bond motifs is 2. The molecule has 0 saturated heterocycles. The maximum Gasteiger partial charge on any atom is 0.258 e. The largest absolute Gasteiger partial charge is 0.348 e. The van der Waals surface area contributed by atoms with Gasteiger partial charge in [-0.25, -0.2) is 4.98 Å². The zero-order valence-electron chi connectivity index (χ0n) is 15.2. The first-order valence-corrected chi connectivity index (χ1v) is 8.57. The summed E-state index contributed by atoms with van der Waals surface area (Å²) >= 11 is 0. The predicted molar refractivity (Wildman–Crippen MR) is 102 cm³/mol. The summed E-state index contributed by atoms with van der Waals surface area (Å²) < 4.78 is 5.16. The van der Waals surface area contributed by atoms with Crippen LogP contribution in [0.1, 0.15) is 32.9 Å². The molecule has 0 radical (unpaired) electrons. The molecule has 0 atom stereocenters. The fourth-order valence-corrected chi connectivity index (χ4v) is 3.16. The van der Waals surface area contributed by atoms with Crippen molar-refractivity contribution in [3.8, 4) is 0 Å². The molecule has 2 N–H and O–H groups in total. The molecule has 0 unspecified atom stereocenters. The molecule has 0 bridgehead atoms. The Hall–Kier alpha value is -3.48. The smallest absolute Gasteiger partial charge is 0.258 e. The summed E-state index contributed by atoms with van der Waals surface area (Å²) in [6.07, 6.45) is 0. The number of nitrogens with one attached hydrogen (secondary N) is 2. The summed E-state index contributed by atoms with van der Waals surface area (Å²) in [5, 5.41) is 8.20. The van der Waals surface area contributed by atoms with Crippen molar-refractivity contribution in [2.24, 2.45) is 0 Å². The van der Waals surface area contributed by atoms with Crippen LogP contribution < -0.4 is 10.9 Å². The molecule has 0 aliphatic rings. The third-order valence-electron chi connectivity index (χ3n) is 4.51. The summed E-state index contributed by atoms with van der Waals surface area (Å²) in [5.41, 5.74) is 4.14. The maximum atomic E-state index is 12.7. The lowest BCUT2D eigenvalue weighted by molar-refractivity contribution is 0.0952. The molecule has 4 aromatic rings. The van der Waals surface area contributed by atoms with Crippen molar-refractivity contribution in [2.45, 2.75) is 27.3 Å². The molecule has 1 aromatic carbocycles. The number of nitrogens with zero attached hydrogens (tertiary/aromatic N) is 2. The first-order chi connectivity index (χ1) is 12.9. The highest BCUT2D eigenvalue weighted by molar-refractivity contribution is 6.06. The van der Waals surface area contributed by atoms with Gasteiger partial charge in [0.25, 0.3) is 17.2 Å². The Balaban J connectivity index is 1.64. The van der Waals surface area contributed by atoms with Gasteiger partial charge in [-0.05, 0) is 49.9 Å². The minimum absolute atomic E-state index is 0.116. The van der Waals surface area contributed by atoms with Crippen LogP contribution in [0.2, 0.25) is 0 Å². The quantitative estimate of drug-likeness (QED) is 0.583. The number of aryl methyl sites for hydroxylation is 3. The molecular weight excluding hydrogens is 344 g/mol. The van der Waals surface area contributed by atoms with Gasteiger partial charge in [-0.15, -0.1) is 0 Å². The monoisotopic (exact) mass is 362 g/mol. The van der Waals surface area contributed by atoms with Gasteiger partial charge >= 0.3 is 0 Å². The number of hydrogen-bond donors (Lipinski definition) is 2. The van der Waals surface area contributed by atoms with E-state index in [-0.39, 0.29) is 18.0 Å². The second-order valence-corrected chi connectivity index (χ2v) is 6.66. The van der Waals surface area contributed by atoms with Gasteiger partial charge in [-0.3, -0.25) is 9.59 Å². The normalized spacial score (nSPS) is 11.2. The van der Waals surface area contributed by atoms with Gasteiger partial charge in [0.05, 0.1) is 16.6 Å². The van der Waals surface area contributed by atoms with Crippen LogP contribution in [0.25, 0.3) is 22.0 Å². The third kappa shape index (κ3) is 3.08. The summed E-state index contributed by atoms with van der Waals surface area (Å²) in [7, 11) is 0. The van der Waals surface area contributed by atoms with Crippen LogP contribution in [0.4, 0.5) is 0 Å². The number of hydrogen-bond acceptors (Lipinski definition) is 5. The standard InChI is InChI=1S/C20H18N4O3/c1-10-4-5-13-8-14(18(25)23-16(13)6-10)9-21-19(26)15-7-11(2)22-20-17(15)12(3)24-27-20/h4-8H,9H2,1-3H3,(H,21,26)(H,23,25). The molecule has 0 saturated carbocycles. The molecule has 7 heteroatoms. The van der Waals surface area contributed by atoms with Crippen LogP contribution in [0, 0.1) is 20.8 Å². The highest BCUT2D eigenvalue weighted by Gasteiger charge is 2.18. The lowest BCUT2D eigenvalue weighted by atomic mass is 10.1. The lowest BCUT2D eigenvalue weighted by Crippen LogP contribution is -2.27. The van der Waals surface area contributed by atoms with E-state index in [1.807, 2.05) is 25.1 Å². The molecule has 136 valence electrons. The van der Waals surface area contributed by atoms with E-state index in [9.17, 15) is 9.59 Å². The molecule has 3 aromatic heterocycles. The molecule has 1 amide bonds. The fraction of sp³-hybridized carbons (Fsp3) is 0.200. The van der Waals surface area contributed by atoms with E-state index in [4.69, 9.17) is 4.52 Å². The molecule has 3 heterocycles. The molecule has 0 fully saturated rings. The number of aromatic amines is 1. The Labute approximate surface area is 154 Å². The van der Waals surface area contributed by atoms with Crippen LogP contribution in [0.3, 0.4) is 0 Å². The predicted octanol–water partition coefficient (Wildman–Crippen LogP) is 2.92. The number of carbonyl (C=O) groups is 1. The van der Waals surface area contributed by atoms with Crippen LogP contribution in [-0.2, 0) is 6.54 Å². The minimum Gasteiger partial charge on any atom is -0.348 e. The van der Waals surface area contributed by atoms with Gasteiger partial charge in [-0.2, -0.15) is 0 Å². The van der Waals surface area contributed by atoms with Crippen LogP contribution in [0.15, 0.2) is 39.6 Å². The molecule has 27 heavy (non-hydrogen) atoms. The Morgan fingerprint density at radius 2 is 2.00 bits per heavy atom. The number of benzene rings is 1. The topological polar surface area (TPSA) is 101 Å². The molecule has 7 nitrogen and oxygen atoms in total. The summed E-state index contributed by atoms with van der Waals surface area (Å²) in [4.78, 5) is 32.2. The molecule has 0 aliphatic heterocycles. The van der Waals surface area contributed by atoms with E-state index in [0.717, 1.165) is 16.5 Å². The van der Waals surface area contributed by atoms with E-state index >= 15 is 0 Å². The van der Waals surface area contributed by atoms with Gasteiger partial charge in [0.1, 0.15) is 0 Å². The zero-order chi connectivity index (χ0) is 19.1. The maximum absolute atomic E-state index is 12.7. The second kappa shape index (κ2) is 6.35. The van der Waals surface area contributed by atoms with Crippen LogP contribution >= 0.6 is 0 Å². The second-order valence-electron chi connectivity index (χ2n) is 6.66. The first kappa shape index (κ1) is 17.0. The Morgan fingerprint density at radius 3 is 2.81 bits per heavy atom. The molecular formula is C20H18N4O3. The van der Waals surface area contributed by atoms with Crippen LogP contribution in [0.5, 0.6) is 0 Å². The summed E-state index contributed by atoms with van der Waals surface area (Å²) in [5.74, 6) is -0.305. The highest BCUT2D eigenvalue weighted by atomic mass is 16.5. The molecule has 4 rings (SSSR count). The SMILES string of the molecule is Cc1ccc2cc(CNC(=O)c3cc(C)nc4onc(C)c34)c(=O)[nH]c2c1.